The van der Waals surface area contributed by atoms with Gasteiger partial charge in [0.15, 0.2) is 11.5 Å². The van der Waals surface area contributed by atoms with Gasteiger partial charge in [0.05, 0.1) is 19.7 Å². The molecule has 0 unspecified atom stereocenters. The van der Waals surface area contributed by atoms with Gasteiger partial charge in [0.25, 0.3) is 5.91 Å². The third-order valence-electron chi connectivity index (χ3n) is 5.26. The number of rotatable bonds is 7. The van der Waals surface area contributed by atoms with E-state index < -0.39 is 5.91 Å². The summed E-state index contributed by atoms with van der Waals surface area (Å²) in [7, 11) is 4.89. The topological polar surface area (TPSA) is 108 Å². The molecule has 0 aliphatic heterocycles. The zero-order valence-electron chi connectivity index (χ0n) is 19.3. The van der Waals surface area contributed by atoms with Gasteiger partial charge in [-0.15, -0.1) is 0 Å². The van der Waals surface area contributed by atoms with Crippen LogP contribution in [0.15, 0.2) is 71.9 Å². The van der Waals surface area contributed by atoms with Crippen molar-refractivity contribution in [3.63, 3.8) is 0 Å². The average molecular weight is 491 g/mol. The van der Waals surface area contributed by atoms with Gasteiger partial charge in [0.1, 0.15) is 17.3 Å². The summed E-state index contributed by atoms with van der Waals surface area (Å²) >= 11 is 5.97. The first-order chi connectivity index (χ1) is 16.9. The Morgan fingerprint density at radius 1 is 1.00 bits per heavy atom. The number of nitrogens with zero attached hydrogens (tertiary/aromatic N) is 2. The Bertz CT molecular complexity index is 1440. The lowest BCUT2D eigenvalue weighted by atomic mass is 10.1. The fourth-order valence-corrected chi connectivity index (χ4v) is 3.73. The van der Waals surface area contributed by atoms with E-state index in [0.29, 0.717) is 50.4 Å². The van der Waals surface area contributed by atoms with Crippen LogP contribution in [0.1, 0.15) is 15.9 Å². The van der Waals surface area contributed by atoms with E-state index in [0.717, 1.165) is 5.39 Å². The molecule has 1 aromatic heterocycles. The minimum atomic E-state index is -0.486. The van der Waals surface area contributed by atoms with E-state index in [4.69, 9.17) is 31.5 Å². The molecule has 0 spiro atoms. The quantitative estimate of drug-likeness (QED) is 0.268. The summed E-state index contributed by atoms with van der Waals surface area (Å²) < 4.78 is 16.9. The fraction of sp³-hybridized carbons (Fsp3) is 0.115. The van der Waals surface area contributed by atoms with Crippen molar-refractivity contribution in [1.82, 2.24) is 4.98 Å². The standard InChI is InChI=1S/C26H23ClN4O4/c1-29-20-12-17(7-8-18(20)25(28)31-26(32)15-5-4-6-16(27)11-15)35-22-9-10-30-21-14-24(34-3)23(33-2)13-19(21)22/h4-14,29H,1-3H3,(H2,28,31,32). The molecule has 1 heterocycles. The lowest BCUT2D eigenvalue weighted by Gasteiger charge is -2.14. The Morgan fingerprint density at radius 2 is 1.77 bits per heavy atom. The number of carbonyl (C=O) groups is 1. The second-order valence-electron chi connectivity index (χ2n) is 7.41. The number of benzene rings is 3. The minimum Gasteiger partial charge on any atom is -0.493 e. The number of hydrogen-bond acceptors (Lipinski definition) is 6. The Balaban J connectivity index is 1.65. The van der Waals surface area contributed by atoms with Crippen molar-refractivity contribution >= 4 is 39.9 Å². The third-order valence-corrected chi connectivity index (χ3v) is 5.50. The van der Waals surface area contributed by atoms with E-state index in [9.17, 15) is 4.79 Å². The number of nitrogens with two attached hydrogens (primary N) is 1. The van der Waals surface area contributed by atoms with E-state index in [2.05, 4.69) is 15.3 Å². The van der Waals surface area contributed by atoms with Crippen molar-refractivity contribution in [2.24, 2.45) is 10.7 Å². The summed E-state index contributed by atoms with van der Waals surface area (Å²) in [6.07, 6.45) is 1.66. The molecular formula is C26H23ClN4O4. The van der Waals surface area contributed by atoms with E-state index in [1.54, 1.807) is 82.1 Å². The molecule has 8 nitrogen and oxygen atoms in total. The maximum absolute atomic E-state index is 12.5. The molecule has 35 heavy (non-hydrogen) atoms. The Labute approximate surface area is 207 Å². The molecule has 1 amide bonds. The number of anilines is 1. The molecular weight excluding hydrogens is 468 g/mol. The van der Waals surface area contributed by atoms with Crippen LogP contribution in [0.4, 0.5) is 5.69 Å². The highest BCUT2D eigenvalue weighted by atomic mass is 35.5. The lowest BCUT2D eigenvalue weighted by Crippen LogP contribution is -2.17. The molecule has 9 heteroatoms. The van der Waals surface area contributed by atoms with Crippen molar-refractivity contribution in [1.29, 1.82) is 0 Å². The Kier molecular flexibility index (Phi) is 7.03. The van der Waals surface area contributed by atoms with Crippen LogP contribution in [0.3, 0.4) is 0 Å². The van der Waals surface area contributed by atoms with Crippen LogP contribution >= 0.6 is 11.6 Å². The number of aromatic nitrogens is 1. The summed E-state index contributed by atoms with van der Waals surface area (Å²) in [6.45, 7) is 0. The van der Waals surface area contributed by atoms with E-state index in [-0.39, 0.29) is 5.84 Å². The van der Waals surface area contributed by atoms with Gasteiger partial charge in [-0.2, -0.15) is 4.99 Å². The summed E-state index contributed by atoms with van der Waals surface area (Å²) in [5.74, 6) is 1.86. The molecule has 3 aromatic carbocycles. The monoisotopic (exact) mass is 490 g/mol. The van der Waals surface area contributed by atoms with Crippen LogP contribution in [0.5, 0.6) is 23.0 Å². The number of halogens is 1. The maximum Gasteiger partial charge on any atom is 0.278 e. The lowest BCUT2D eigenvalue weighted by molar-refractivity contribution is 0.100. The first-order valence-electron chi connectivity index (χ1n) is 10.6. The van der Waals surface area contributed by atoms with Crippen LogP contribution in [0.2, 0.25) is 5.02 Å². The van der Waals surface area contributed by atoms with Crippen LogP contribution in [0.25, 0.3) is 10.9 Å². The molecule has 178 valence electrons. The average Bonchev–Trinajstić information content (AvgIpc) is 2.87. The molecule has 0 radical (unpaired) electrons. The zero-order chi connectivity index (χ0) is 24.9. The molecule has 0 saturated heterocycles. The first-order valence-corrected chi connectivity index (χ1v) is 11.0. The van der Waals surface area contributed by atoms with Crippen LogP contribution in [-0.2, 0) is 0 Å². The number of aliphatic imine (C=N–C) groups is 1. The van der Waals surface area contributed by atoms with Crippen molar-refractivity contribution in [3.05, 3.63) is 83.0 Å². The molecule has 0 saturated carbocycles. The van der Waals surface area contributed by atoms with Gasteiger partial charge < -0.3 is 25.3 Å². The number of carbonyl (C=O) groups excluding carboxylic acids is 1. The molecule has 0 aliphatic rings. The smallest absolute Gasteiger partial charge is 0.278 e. The van der Waals surface area contributed by atoms with Gasteiger partial charge in [-0.05, 0) is 42.5 Å². The highest BCUT2D eigenvalue weighted by Crippen LogP contribution is 2.37. The molecule has 4 aromatic rings. The number of hydrogen-bond donors (Lipinski definition) is 2. The second-order valence-corrected chi connectivity index (χ2v) is 7.84. The number of fused-ring (bicyclic) bond motifs is 1. The molecule has 0 fully saturated rings. The van der Waals surface area contributed by atoms with Gasteiger partial charge >= 0.3 is 0 Å². The zero-order valence-corrected chi connectivity index (χ0v) is 20.1. The Hall–Kier alpha value is -4.30. The number of amidine groups is 1. The summed E-state index contributed by atoms with van der Waals surface area (Å²) in [5.41, 5.74) is 8.41. The van der Waals surface area contributed by atoms with Crippen molar-refractivity contribution < 1.29 is 19.0 Å². The van der Waals surface area contributed by atoms with Crippen LogP contribution in [-0.4, -0.2) is 38.0 Å². The number of nitrogens with one attached hydrogen (secondary N) is 1. The van der Waals surface area contributed by atoms with Crippen LogP contribution < -0.4 is 25.3 Å². The highest BCUT2D eigenvalue weighted by Gasteiger charge is 2.14. The third kappa shape index (κ3) is 5.12. The predicted octanol–water partition coefficient (Wildman–Crippen LogP) is 5.29. The molecule has 3 N–H and O–H groups in total. The Morgan fingerprint density at radius 3 is 2.49 bits per heavy atom. The van der Waals surface area contributed by atoms with Crippen molar-refractivity contribution in [3.8, 4) is 23.0 Å². The second kappa shape index (κ2) is 10.3. The van der Waals surface area contributed by atoms with Gasteiger partial charge in [0.2, 0.25) is 0 Å². The van der Waals surface area contributed by atoms with E-state index in [1.165, 1.54) is 0 Å². The number of methoxy groups -OCH3 is 2. The molecule has 4 rings (SSSR count). The molecule has 0 atom stereocenters. The van der Waals surface area contributed by atoms with E-state index in [1.807, 2.05) is 6.07 Å². The van der Waals surface area contributed by atoms with Crippen molar-refractivity contribution in [2.45, 2.75) is 0 Å². The van der Waals surface area contributed by atoms with Gasteiger partial charge in [-0.25, -0.2) is 0 Å². The van der Waals surface area contributed by atoms with Crippen LogP contribution in [0, 0.1) is 0 Å². The summed E-state index contributed by atoms with van der Waals surface area (Å²) in [5, 5.41) is 4.28. The SMILES string of the molecule is CNc1cc(Oc2ccnc3cc(OC)c(OC)cc23)ccc1C(N)=NC(=O)c1cccc(Cl)c1. The normalized spacial score (nSPS) is 11.3. The number of pyridine rings is 1. The van der Waals surface area contributed by atoms with Gasteiger partial charge in [0, 0.05) is 52.6 Å². The summed E-state index contributed by atoms with van der Waals surface area (Å²) in [6, 6.07) is 17.2. The van der Waals surface area contributed by atoms with Crippen molar-refractivity contribution in [2.75, 3.05) is 26.6 Å². The molecule has 0 bridgehead atoms. The predicted molar refractivity (Wildman–Crippen MR) is 137 cm³/mol. The first kappa shape index (κ1) is 23.8. The van der Waals surface area contributed by atoms with Gasteiger partial charge in [-0.3, -0.25) is 9.78 Å². The fourth-order valence-electron chi connectivity index (χ4n) is 3.54. The number of amides is 1. The maximum atomic E-state index is 12.5. The summed E-state index contributed by atoms with van der Waals surface area (Å²) in [4.78, 5) is 20.9. The molecule has 0 aliphatic carbocycles. The van der Waals surface area contributed by atoms with Gasteiger partial charge in [-0.1, -0.05) is 17.7 Å². The number of ether oxygens (including phenoxy) is 3. The largest absolute Gasteiger partial charge is 0.493 e. The minimum absolute atomic E-state index is 0.0667. The van der Waals surface area contributed by atoms with E-state index >= 15 is 0 Å². The highest BCUT2D eigenvalue weighted by molar-refractivity contribution is 6.31.